The van der Waals surface area contributed by atoms with Gasteiger partial charge in [0.15, 0.2) is 5.78 Å². The second kappa shape index (κ2) is 7.40. The number of Topliss-reactive ketones (excluding diaryl/α,β-unsaturated/α-hetero) is 1. The summed E-state index contributed by atoms with van der Waals surface area (Å²) >= 11 is 1.34. The molecule has 0 aliphatic rings. The molecule has 96 valence electrons. The fourth-order valence-electron chi connectivity index (χ4n) is 1.49. The van der Waals surface area contributed by atoms with Crippen LogP contribution in [0.25, 0.3) is 0 Å². The van der Waals surface area contributed by atoms with Gasteiger partial charge in [0, 0.05) is 13.2 Å². The number of ketones is 1. The lowest BCUT2D eigenvalue weighted by Gasteiger charge is -2.06. The summed E-state index contributed by atoms with van der Waals surface area (Å²) in [5.74, 6) is 0.0608. The van der Waals surface area contributed by atoms with Gasteiger partial charge in [-0.05, 0) is 31.8 Å². The van der Waals surface area contributed by atoms with Crippen LogP contribution in [0.15, 0.2) is 0 Å². The van der Waals surface area contributed by atoms with Crippen molar-refractivity contribution in [3.05, 3.63) is 11.3 Å². The molecule has 17 heavy (non-hydrogen) atoms. The third-order valence-corrected chi connectivity index (χ3v) is 3.29. The highest BCUT2D eigenvalue weighted by Crippen LogP contribution is 2.24. The Labute approximate surface area is 107 Å². The molecule has 0 saturated heterocycles. The van der Waals surface area contributed by atoms with Gasteiger partial charge in [0.2, 0.25) is 0 Å². The predicted octanol–water partition coefficient (Wildman–Crippen LogP) is 2.88. The molecule has 0 aliphatic heterocycles. The van der Waals surface area contributed by atoms with Gasteiger partial charge < -0.3 is 10.1 Å². The first-order chi connectivity index (χ1) is 8.16. The molecular weight excluding hydrogens is 236 g/mol. The van der Waals surface area contributed by atoms with Gasteiger partial charge in [0.25, 0.3) is 0 Å². The molecule has 0 aromatic carbocycles. The van der Waals surface area contributed by atoms with Crippen LogP contribution in [-0.4, -0.2) is 29.9 Å². The first kappa shape index (κ1) is 14.1. The standard InChI is InChI=1S/C12H20N2O2S/c1-4-5-7-16-8-6-13-12-11(10(3)15)9(2)14-17-12/h13H,4-8H2,1-3H3. The summed E-state index contributed by atoms with van der Waals surface area (Å²) in [6.45, 7) is 7.75. The molecule has 0 spiro atoms. The number of hydrogen-bond acceptors (Lipinski definition) is 5. The van der Waals surface area contributed by atoms with Gasteiger partial charge >= 0.3 is 0 Å². The molecule has 5 heteroatoms. The minimum atomic E-state index is 0.0608. The molecule has 0 amide bonds. The molecule has 0 aliphatic carbocycles. The number of carbonyl (C=O) groups excluding carboxylic acids is 1. The number of ether oxygens (including phenoxy) is 1. The van der Waals surface area contributed by atoms with E-state index in [2.05, 4.69) is 16.6 Å². The van der Waals surface area contributed by atoms with Gasteiger partial charge in [-0.3, -0.25) is 4.79 Å². The highest BCUT2D eigenvalue weighted by atomic mass is 32.1. The van der Waals surface area contributed by atoms with Crippen molar-refractivity contribution >= 4 is 22.3 Å². The Hall–Kier alpha value is -0.940. The van der Waals surface area contributed by atoms with E-state index in [1.54, 1.807) is 6.92 Å². The maximum Gasteiger partial charge on any atom is 0.164 e. The van der Waals surface area contributed by atoms with E-state index in [1.807, 2.05) is 6.92 Å². The van der Waals surface area contributed by atoms with Crippen LogP contribution >= 0.6 is 11.5 Å². The fourth-order valence-corrected chi connectivity index (χ4v) is 2.36. The molecule has 1 aromatic rings. The van der Waals surface area contributed by atoms with Crippen molar-refractivity contribution < 1.29 is 9.53 Å². The van der Waals surface area contributed by atoms with Gasteiger partial charge in [-0.2, -0.15) is 4.37 Å². The average Bonchev–Trinajstić information content (AvgIpc) is 2.65. The van der Waals surface area contributed by atoms with Gasteiger partial charge in [0.05, 0.1) is 17.9 Å². The highest BCUT2D eigenvalue weighted by molar-refractivity contribution is 7.10. The molecule has 1 heterocycles. The minimum absolute atomic E-state index is 0.0608. The van der Waals surface area contributed by atoms with Crippen molar-refractivity contribution in [3.8, 4) is 0 Å². The predicted molar refractivity (Wildman–Crippen MR) is 71.1 cm³/mol. The van der Waals surface area contributed by atoms with E-state index in [0.29, 0.717) is 18.7 Å². The monoisotopic (exact) mass is 256 g/mol. The van der Waals surface area contributed by atoms with Crippen LogP contribution < -0.4 is 5.32 Å². The Balaban J connectivity index is 2.34. The molecular formula is C12H20N2O2S. The third-order valence-electron chi connectivity index (χ3n) is 2.39. The Bertz CT molecular complexity index is 363. The lowest BCUT2D eigenvalue weighted by molar-refractivity contribution is 0.101. The number of nitrogens with zero attached hydrogens (tertiary/aromatic N) is 1. The van der Waals surface area contributed by atoms with Crippen LogP contribution in [0.1, 0.15) is 42.7 Å². The molecule has 1 N–H and O–H groups in total. The topological polar surface area (TPSA) is 51.2 Å². The first-order valence-electron chi connectivity index (χ1n) is 5.95. The number of unbranched alkanes of at least 4 members (excludes halogenated alkanes) is 1. The van der Waals surface area contributed by atoms with Gasteiger partial charge in [-0.15, -0.1) is 0 Å². The zero-order valence-corrected chi connectivity index (χ0v) is 11.5. The summed E-state index contributed by atoms with van der Waals surface area (Å²) in [5.41, 5.74) is 1.51. The van der Waals surface area contributed by atoms with Crippen molar-refractivity contribution in [3.63, 3.8) is 0 Å². The molecule has 0 unspecified atom stereocenters. The van der Waals surface area contributed by atoms with Gasteiger partial charge in [-0.25, -0.2) is 0 Å². The van der Waals surface area contributed by atoms with Crippen LogP contribution in [0.2, 0.25) is 0 Å². The lowest BCUT2D eigenvalue weighted by atomic mass is 10.2. The number of aryl methyl sites for hydroxylation is 1. The van der Waals surface area contributed by atoms with Gasteiger partial charge in [0.1, 0.15) is 5.00 Å². The number of hydrogen-bond donors (Lipinski definition) is 1. The van der Waals surface area contributed by atoms with Crippen LogP contribution in [0.3, 0.4) is 0 Å². The van der Waals surface area contributed by atoms with Crippen molar-refractivity contribution in [2.24, 2.45) is 0 Å². The summed E-state index contributed by atoms with van der Waals surface area (Å²) in [6, 6.07) is 0. The van der Waals surface area contributed by atoms with E-state index in [-0.39, 0.29) is 5.78 Å². The quantitative estimate of drug-likeness (QED) is 0.574. The largest absolute Gasteiger partial charge is 0.380 e. The smallest absolute Gasteiger partial charge is 0.164 e. The number of nitrogens with one attached hydrogen (secondary N) is 1. The van der Waals surface area contributed by atoms with Crippen molar-refractivity contribution in [2.45, 2.75) is 33.6 Å². The normalized spacial score (nSPS) is 10.5. The zero-order valence-electron chi connectivity index (χ0n) is 10.7. The van der Waals surface area contributed by atoms with E-state index in [0.717, 1.165) is 30.1 Å². The van der Waals surface area contributed by atoms with Crippen molar-refractivity contribution in [1.29, 1.82) is 0 Å². The summed E-state index contributed by atoms with van der Waals surface area (Å²) in [5, 5.41) is 4.06. The Morgan fingerprint density at radius 2 is 2.24 bits per heavy atom. The SMILES string of the molecule is CCCCOCCNc1snc(C)c1C(C)=O. The van der Waals surface area contributed by atoms with Crippen molar-refractivity contribution in [1.82, 2.24) is 4.37 Å². The second-order valence-corrected chi connectivity index (χ2v) is 4.69. The third kappa shape index (κ3) is 4.44. The highest BCUT2D eigenvalue weighted by Gasteiger charge is 2.13. The van der Waals surface area contributed by atoms with Crippen LogP contribution in [0.4, 0.5) is 5.00 Å². The number of carbonyl (C=O) groups is 1. The number of aromatic nitrogens is 1. The minimum Gasteiger partial charge on any atom is -0.380 e. The summed E-state index contributed by atoms with van der Waals surface area (Å²) < 4.78 is 9.62. The first-order valence-corrected chi connectivity index (χ1v) is 6.73. The summed E-state index contributed by atoms with van der Waals surface area (Å²) in [6.07, 6.45) is 2.24. The number of rotatable bonds is 8. The molecule has 0 radical (unpaired) electrons. The van der Waals surface area contributed by atoms with Gasteiger partial charge in [-0.1, -0.05) is 13.3 Å². The second-order valence-electron chi connectivity index (χ2n) is 3.92. The van der Waals surface area contributed by atoms with E-state index in [4.69, 9.17) is 4.74 Å². The molecule has 0 fully saturated rings. The van der Waals surface area contributed by atoms with E-state index >= 15 is 0 Å². The lowest BCUT2D eigenvalue weighted by Crippen LogP contribution is -2.11. The summed E-state index contributed by atoms with van der Waals surface area (Å²) in [4.78, 5) is 11.4. The molecule has 0 saturated carbocycles. The molecule has 0 atom stereocenters. The van der Waals surface area contributed by atoms with Crippen molar-refractivity contribution in [2.75, 3.05) is 25.1 Å². The molecule has 1 rings (SSSR count). The Morgan fingerprint density at radius 3 is 2.88 bits per heavy atom. The average molecular weight is 256 g/mol. The molecule has 0 bridgehead atoms. The van der Waals surface area contributed by atoms with Crippen LogP contribution in [0.5, 0.6) is 0 Å². The maximum absolute atomic E-state index is 11.4. The van der Waals surface area contributed by atoms with Crippen LogP contribution in [-0.2, 0) is 4.74 Å². The molecule has 1 aromatic heterocycles. The Kier molecular flexibility index (Phi) is 6.15. The van der Waals surface area contributed by atoms with E-state index in [1.165, 1.54) is 11.5 Å². The summed E-state index contributed by atoms with van der Waals surface area (Å²) in [7, 11) is 0. The van der Waals surface area contributed by atoms with E-state index < -0.39 is 0 Å². The maximum atomic E-state index is 11.4. The Morgan fingerprint density at radius 1 is 1.47 bits per heavy atom. The van der Waals surface area contributed by atoms with Crippen LogP contribution in [0, 0.1) is 6.92 Å². The van der Waals surface area contributed by atoms with E-state index in [9.17, 15) is 4.79 Å². The molecule has 4 nitrogen and oxygen atoms in total. The fraction of sp³-hybridized carbons (Fsp3) is 0.667. The number of anilines is 1. The zero-order chi connectivity index (χ0) is 12.7.